The highest BCUT2D eigenvalue weighted by molar-refractivity contribution is 7.91. The lowest BCUT2D eigenvalue weighted by molar-refractivity contribution is 0.593. The van der Waals surface area contributed by atoms with E-state index in [-0.39, 0.29) is 11.0 Å². The van der Waals surface area contributed by atoms with Gasteiger partial charge < -0.3 is 0 Å². The average Bonchev–Trinajstić information content (AvgIpc) is 2.87. The van der Waals surface area contributed by atoms with Crippen LogP contribution in [0.15, 0.2) is 24.4 Å². The zero-order chi connectivity index (χ0) is 9.31. The summed E-state index contributed by atoms with van der Waals surface area (Å²) < 4.78 is 23.0. The van der Waals surface area contributed by atoms with Gasteiger partial charge in [0.2, 0.25) is 0 Å². The van der Waals surface area contributed by atoms with Gasteiger partial charge in [-0.25, -0.2) is 8.42 Å². The van der Waals surface area contributed by atoms with Crippen molar-refractivity contribution in [3.8, 4) is 0 Å². The zero-order valence-electron chi connectivity index (χ0n) is 7.18. The summed E-state index contributed by atoms with van der Waals surface area (Å²) in [5.74, 6) is 0.0957. The minimum absolute atomic E-state index is 0.0884. The molecule has 2 rings (SSSR count). The van der Waals surface area contributed by atoms with E-state index in [9.17, 15) is 8.42 Å². The van der Waals surface area contributed by atoms with Gasteiger partial charge in [0.05, 0.1) is 16.7 Å². The SMILES string of the molecule is O=S(=O)(Cc1ccccn1)C1CC1. The summed E-state index contributed by atoms with van der Waals surface area (Å²) in [4.78, 5) is 3.99. The molecule has 0 N–H and O–H groups in total. The van der Waals surface area contributed by atoms with E-state index >= 15 is 0 Å². The summed E-state index contributed by atoms with van der Waals surface area (Å²) >= 11 is 0. The fourth-order valence-electron chi connectivity index (χ4n) is 1.23. The van der Waals surface area contributed by atoms with E-state index in [0.29, 0.717) is 5.69 Å². The molecule has 1 aromatic rings. The number of hydrogen-bond acceptors (Lipinski definition) is 3. The second-order valence-corrected chi connectivity index (χ2v) is 5.61. The molecule has 70 valence electrons. The van der Waals surface area contributed by atoms with Crippen LogP contribution in [0, 0.1) is 0 Å². The average molecular weight is 197 g/mol. The van der Waals surface area contributed by atoms with Crippen LogP contribution in [0.25, 0.3) is 0 Å². The summed E-state index contributed by atoms with van der Waals surface area (Å²) in [6.07, 6.45) is 3.28. The minimum Gasteiger partial charge on any atom is -0.260 e. The quantitative estimate of drug-likeness (QED) is 0.730. The van der Waals surface area contributed by atoms with Gasteiger partial charge in [0.25, 0.3) is 0 Å². The van der Waals surface area contributed by atoms with Crippen LogP contribution in [-0.2, 0) is 15.6 Å². The molecule has 0 bridgehead atoms. The second kappa shape index (κ2) is 3.10. The first-order valence-electron chi connectivity index (χ1n) is 4.30. The van der Waals surface area contributed by atoms with E-state index in [1.807, 2.05) is 6.07 Å². The predicted octanol–water partition coefficient (Wildman–Crippen LogP) is 1.16. The van der Waals surface area contributed by atoms with Crippen molar-refractivity contribution in [2.24, 2.45) is 0 Å². The van der Waals surface area contributed by atoms with Crippen molar-refractivity contribution in [3.63, 3.8) is 0 Å². The molecule has 4 heteroatoms. The Morgan fingerprint density at radius 2 is 2.15 bits per heavy atom. The highest BCUT2D eigenvalue weighted by Crippen LogP contribution is 2.30. The molecule has 0 radical (unpaired) electrons. The molecule has 3 nitrogen and oxygen atoms in total. The molecule has 1 saturated carbocycles. The summed E-state index contributed by atoms with van der Waals surface area (Å²) in [7, 11) is -2.90. The van der Waals surface area contributed by atoms with Crippen molar-refractivity contribution in [2.45, 2.75) is 23.8 Å². The number of nitrogens with zero attached hydrogens (tertiary/aromatic N) is 1. The molecular formula is C9H11NO2S. The van der Waals surface area contributed by atoms with Crippen LogP contribution in [0.3, 0.4) is 0 Å². The van der Waals surface area contributed by atoms with Crippen molar-refractivity contribution >= 4 is 9.84 Å². The first-order chi connectivity index (χ1) is 6.18. The van der Waals surface area contributed by atoms with Crippen LogP contribution >= 0.6 is 0 Å². The maximum atomic E-state index is 11.5. The van der Waals surface area contributed by atoms with E-state index in [0.717, 1.165) is 12.8 Å². The maximum absolute atomic E-state index is 11.5. The smallest absolute Gasteiger partial charge is 0.158 e. The molecule has 0 atom stereocenters. The topological polar surface area (TPSA) is 47.0 Å². The first kappa shape index (κ1) is 8.69. The highest BCUT2D eigenvalue weighted by Gasteiger charge is 2.35. The van der Waals surface area contributed by atoms with Crippen LogP contribution in [0.5, 0.6) is 0 Å². The number of aromatic nitrogens is 1. The highest BCUT2D eigenvalue weighted by atomic mass is 32.2. The molecule has 0 unspecified atom stereocenters. The van der Waals surface area contributed by atoms with E-state index in [4.69, 9.17) is 0 Å². The van der Waals surface area contributed by atoms with Crippen LogP contribution in [0.1, 0.15) is 18.5 Å². The molecule has 1 heterocycles. The molecule has 0 amide bonds. The van der Waals surface area contributed by atoms with Gasteiger partial charge in [-0.3, -0.25) is 4.98 Å². The molecule has 1 aromatic heterocycles. The van der Waals surface area contributed by atoms with Gasteiger partial charge in [0.1, 0.15) is 0 Å². The fourth-order valence-corrected chi connectivity index (χ4v) is 2.91. The van der Waals surface area contributed by atoms with Gasteiger partial charge in [-0.2, -0.15) is 0 Å². The Labute approximate surface area is 77.7 Å². The van der Waals surface area contributed by atoms with Gasteiger partial charge in [0.15, 0.2) is 9.84 Å². The molecule has 1 aliphatic rings. The van der Waals surface area contributed by atoms with Gasteiger partial charge in [-0.05, 0) is 25.0 Å². The number of rotatable bonds is 3. The lowest BCUT2D eigenvalue weighted by Crippen LogP contribution is -2.10. The van der Waals surface area contributed by atoms with Crippen molar-refractivity contribution in [1.82, 2.24) is 4.98 Å². The Morgan fingerprint density at radius 1 is 1.38 bits per heavy atom. The first-order valence-corrected chi connectivity index (χ1v) is 6.01. The third kappa shape index (κ3) is 2.06. The Kier molecular flexibility index (Phi) is 2.07. The number of hydrogen-bond donors (Lipinski definition) is 0. The monoisotopic (exact) mass is 197 g/mol. The second-order valence-electron chi connectivity index (χ2n) is 3.33. The number of sulfone groups is 1. The zero-order valence-corrected chi connectivity index (χ0v) is 8.00. The van der Waals surface area contributed by atoms with Gasteiger partial charge in [0, 0.05) is 6.20 Å². The van der Waals surface area contributed by atoms with Crippen molar-refractivity contribution in [3.05, 3.63) is 30.1 Å². The normalized spacial score (nSPS) is 17.2. The molecule has 1 fully saturated rings. The van der Waals surface area contributed by atoms with Crippen molar-refractivity contribution in [1.29, 1.82) is 0 Å². The van der Waals surface area contributed by atoms with Crippen LogP contribution in [0.2, 0.25) is 0 Å². The predicted molar refractivity (Wildman–Crippen MR) is 49.9 cm³/mol. The minimum atomic E-state index is -2.90. The molecule has 1 aliphatic carbocycles. The van der Waals surface area contributed by atoms with E-state index in [1.54, 1.807) is 18.3 Å². The largest absolute Gasteiger partial charge is 0.260 e. The third-order valence-electron chi connectivity index (χ3n) is 2.11. The van der Waals surface area contributed by atoms with Crippen molar-refractivity contribution < 1.29 is 8.42 Å². The van der Waals surface area contributed by atoms with Crippen LogP contribution in [0.4, 0.5) is 0 Å². The van der Waals surface area contributed by atoms with E-state index in [2.05, 4.69) is 4.98 Å². The van der Waals surface area contributed by atoms with Crippen LogP contribution < -0.4 is 0 Å². The molecule has 0 spiro atoms. The summed E-state index contributed by atoms with van der Waals surface area (Å²) in [6.45, 7) is 0. The standard InChI is InChI=1S/C9H11NO2S/c11-13(12,9-4-5-9)7-8-3-1-2-6-10-8/h1-3,6,9H,4-5,7H2. The molecule has 13 heavy (non-hydrogen) atoms. The third-order valence-corrected chi connectivity index (χ3v) is 4.29. The number of pyridine rings is 1. The van der Waals surface area contributed by atoms with Crippen molar-refractivity contribution in [2.75, 3.05) is 0 Å². The molecule has 0 aliphatic heterocycles. The molecule has 0 saturated heterocycles. The molecule has 0 aromatic carbocycles. The summed E-state index contributed by atoms with van der Waals surface area (Å²) in [6, 6.07) is 5.35. The van der Waals surface area contributed by atoms with Gasteiger partial charge in [-0.1, -0.05) is 6.07 Å². The Hall–Kier alpha value is -0.900. The summed E-state index contributed by atoms with van der Waals surface area (Å²) in [5, 5.41) is -0.0884. The Balaban J connectivity index is 2.14. The lowest BCUT2D eigenvalue weighted by atomic mass is 10.4. The van der Waals surface area contributed by atoms with Crippen LogP contribution in [-0.4, -0.2) is 18.7 Å². The summed E-state index contributed by atoms with van der Waals surface area (Å²) in [5.41, 5.74) is 0.648. The fraction of sp³-hybridized carbons (Fsp3) is 0.444. The van der Waals surface area contributed by atoms with Gasteiger partial charge in [-0.15, -0.1) is 0 Å². The Bertz CT molecular complexity index is 381. The Morgan fingerprint density at radius 3 is 2.69 bits per heavy atom. The van der Waals surface area contributed by atoms with E-state index in [1.165, 1.54) is 0 Å². The molecular weight excluding hydrogens is 186 g/mol. The maximum Gasteiger partial charge on any atom is 0.158 e. The van der Waals surface area contributed by atoms with E-state index < -0.39 is 9.84 Å². The lowest BCUT2D eigenvalue weighted by Gasteiger charge is -2.00. The van der Waals surface area contributed by atoms with Gasteiger partial charge >= 0.3 is 0 Å².